The number of hydrogen-bond donors (Lipinski definition) is 5. The highest BCUT2D eigenvalue weighted by atomic mass is 32.1. The molecule has 2 unspecified atom stereocenters. The molecule has 2 N–H and O–H groups in total. The molecule has 0 spiro atoms. The van der Waals surface area contributed by atoms with Crippen LogP contribution < -0.4 is 0 Å². The molecule has 0 aliphatic heterocycles. The van der Waals surface area contributed by atoms with E-state index in [0.29, 0.717) is 25.7 Å². The maximum Gasteiger partial charge on any atom is 0.320 e. The molecule has 0 bridgehead atoms. The first-order valence-electron chi connectivity index (χ1n) is 9.93. The van der Waals surface area contributed by atoms with Crippen molar-refractivity contribution < 1.29 is 29.4 Å². The Labute approximate surface area is 190 Å². The summed E-state index contributed by atoms with van der Waals surface area (Å²) in [6, 6.07) is 0. The number of carbonyl (C=O) groups excluding carboxylic acids is 2. The summed E-state index contributed by atoms with van der Waals surface area (Å²) < 4.78 is -1.46. The molecule has 170 valence electrons. The highest BCUT2D eigenvalue weighted by molar-refractivity contribution is 7.97. The van der Waals surface area contributed by atoms with Crippen molar-refractivity contribution in [2.24, 2.45) is 16.7 Å². The van der Waals surface area contributed by atoms with Crippen molar-refractivity contribution in [2.45, 2.75) is 84.8 Å². The van der Waals surface area contributed by atoms with Crippen LogP contribution in [0.4, 0.5) is 0 Å². The van der Waals surface area contributed by atoms with Crippen LogP contribution in [0.3, 0.4) is 0 Å². The van der Waals surface area contributed by atoms with E-state index in [1.54, 1.807) is 13.8 Å². The number of aliphatic carboxylic acids is 2. The van der Waals surface area contributed by atoms with E-state index in [4.69, 9.17) is 10.2 Å². The zero-order valence-corrected chi connectivity index (χ0v) is 20.9. The molecule has 0 aliphatic rings. The van der Waals surface area contributed by atoms with Crippen LogP contribution in [0.25, 0.3) is 0 Å². The average Bonchev–Trinajstić information content (AvgIpc) is 2.66. The highest BCUT2D eigenvalue weighted by Crippen LogP contribution is 2.52. The van der Waals surface area contributed by atoms with Gasteiger partial charge in [-0.05, 0) is 38.5 Å². The predicted molar refractivity (Wildman–Crippen MR) is 125 cm³/mol. The van der Waals surface area contributed by atoms with Crippen molar-refractivity contribution in [3.8, 4) is 0 Å². The molecule has 0 saturated carbocycles. The minimum atomic E-state index is -1.46. The summed E-state index contributed by atoms with van der Waals surface area (Å²) in [5.41, 5.74) is -1.36. The second-order valence-corrected chi connectivity index (χ2v) is 8.68. The first-order valence-corrected chi connectivity index (χ1v) is 11.3. The number of carbonyl (C=O) groups is 4. The van der Waals surface area contributed by atoms with Gasteiger partial charge in [0, 0.05) is 0 Å². The molecule has 0 rings (SSSR count). The molecular formula is C20H36O6S3. The first-order chi connectivity index (χ1) is 13.3. The van der Waals surface area contributed by atoms with Crippen LogP contribution in [0.1, 0.15) is 80.1 Å². The fourth-order valence-electron chi connectivity index (χ4n) is 4.13. The Kier molecular flexibility index (Phi) is 13.6. The molecule has 0 fully saturated rings. The van der Waals surface area contributed by atoms with Gasteiger partial charge in [-0.25, -0.2) is 0 Å². The van der Waals surface area contributed by atoms with Crippen molar-refractivity contribution in [3.05, 3.63) is 0 Å². The van der Waals surface area contributed by atoms with Crippen LogP contribution in [0.15, 0.2) is 0 Å². The van der Waals surface area contributed by atoms with E-state index < -0.39 is 33.4 Å². The second-order valence-electron chi connectivity index (χ2n) is 7.07. The van der Waals surface area contributed by atoms with Crippen molar-refractivity contribution in [1.29, 1.82) is 0 Å². The standard InChI is InChI=1S/C12H22O2S2.C8H14O4S/c1-5-11(6-2,9(13)15)12(7-3,8-4)10(14)16;1-3-5(6(9)10)8(13,4-2)7(11)12/h5-8H2,1-4H3,(H,13,15)(H,14,16);5,13H,3-4H2,1-2H3,(H,9,10)(H,11,12). The van der Waals surface area contributed by atoms with Gasteiger partial charge in [0.2, 0.25) is 0 Å². The van der Waals surface area contributed by atoms with Crippen LogP contribution >= 0.6 is 37.9 Å². The Bertz CT molecular complexity index is 557. The third-order valence-corrected chi connectivity index (χ3v) is 8.02. The Morgan fingerprint density at radius 1 is 0.724 bits per heavy atom. The van der Waals surface area contributed by atoms with Gasteiger partial charge in [-0.1, -0.05) is 41.5 Å². The van der Waals surface area contributed by atoms with Gasteiger partial charge in [-0.2, -0.15) is 12.6 Å². The maximum atomic E-state index is 11.9. The molecule has 29 heavy (non-hydrogen) atoms. The molecule has 0 aromatic rings. The summed E-state index contributed by atoms with van der Waals surface area (Å²) in [6.45, 7) is 11.0. The van der Waals surface area contributed by atoms with E-state index in [9.17, 15) is 19.2 Å². The van der Waals surface area contributed by atoms with E-state index in [1.165, 1.54) is 0 Å². The molecule has 6 nitrogen and oxygen atoms in total. The van der Waals surface area contributed by atoms with Crippen LogP contribution in [0.2, 0.25) is 0 Å². The lowest BCUT2D eigenvalue weighted by molar-refractivity contribution is -0.151. The maximum absolute atomic E-state index is 11.9. The normalized spacial score (nSPS) is 14.8. The minimum Gasteiger partial charge on any atom is -0.481 e. The highest BCUT2D eigenvalue weighted by Gasteiger charge is 2.54. The second kappa shape index (κ2) is 12.9. The van der Waals surface area contributed by atoms with Crippen LogP contribution in [-0.2, 0) is 19.2 Å². The first kappa shape index (κ1) is 30.5. The fraction of sp³-hybridized carbons (Fsp3) is 0.800. The summed E-state index contributed by atoms with van der Waals surface area (Å²) in [7, 11) is 0. The Balaban J connectivity index is 0. The van der Waals surface area contributed by atoms with Crippen molar-refractivity contribution in [1.82, 2.24) is 0 Å². The SMILES string of the molecule is CCC(C(=O)O)C(S)(CC)C(=O)O.CCC(CC)(C(=O)S)C(CC)(CC)C(=O)S. The minimum absolute atomic E-state index is 0.191. The van der Waals surface area contributed by atoms with Gasteiger partial charge in [0.1, 0.15) is 4.75 Å². The lowest BCUT2D eigenvalue weighted by Crippen LogP contribution is -2.48. The molecule has 0 aliphatic carbocycles. The molecular weight excluding hydrogens is 432 g/mol. The number of carboxylic acid groups (broad SMARTS) is 2. The van der Waals surface area contributed by atoms with Gasteiger partial charge >= 0.3 is 11.9 Å². The smallest absolute Gasteiger partial charge is 0.320 e. The van der Waals surface area contributed by atoms with Gasteiger partial charge in [0.15, 0.2) is 10.2 Å². The molecule has 0 aromatic heterocycles. The van der Waals surface area contributed by atoms with Gasteiger partial charge in [0.25, 0.3) is 0 Å². The summed E-state index contributed by atoms with van der Waals surface area (Å²) in [4.78, 5) is 45.3. The van der Waals surface area contributed by atoms with E-state index in [2.05, 4.69) is 37.9 Å². The Hall–Kier alpha value is -0.670. The summed E-state index contributed by atoms with van der Waals surface area (Å²) in [5.74, 6) is -3.23. The quantitative estimate of drug-likeness (QED) is 0.264. The molecule has 9 heteroatoms. The lowest BCUT2D eigenvalue weighted by Gasteiger charge is -2.45. The van der Waals surface area contributed by atoms with Gasteiger partial charge in [-0.15, -0.1) is 25.3 Å². The van der Waals surface area contributed by atoms with Crippen molar-refractivity contribution in [3.63, 3.8) is 0 Å². The number of carboxylic acids is 2. The monoisotopic (exact) mass is 468 g/mol. The molecule has 0 aromatic carbocycles. The van der Waals surface area contributed by atoms with Gasteiger partial charge < -0.3 is 10.2 Å². The Morgan fingerprint density at radius 3 is 1.10 bits per heavy atom. The Morgan fingerprint density at radius 2 is 1.03 bits per heavy atom. The molecule has 0 saturated heterocycles. The summed E-state index contributed by atoms with van der Waals surface area (Å²) >= 11 is 12.0. The van der Waals surface area contributed by atoms with Gasteiger partial charge in [0.05, 0.1) is 16.7 Å². The zero-order valence-electron chi connectivity index (χ0n) is 18.2. The number of thiol groups is 3. The van der Waals surface area contributed by atoms with E-state index >= 15 is 0 Å². The number of hydrogen-bond acceptors (Lipinski definition) is 5. The molecule has 0 heterocycles. The van der Waals surface area contributed by atoms with E-state index in [-0.39, 0.29) is 23.1 Å². The summed E-state index contributed by atoms with van der Waals surface area (Å²) in [5, 5.41) is 17.2. The average molecular weight is 469 g/mol. The molecule has 0 radical (unpaired) electrons. The largest absolute Gasteiger partial charge is 0.481 e. The molecule has 0 amide bonds. The topological polar surface area (TPSA) is 109 Å². The zero-order chi connectivity index (χ0) is 23.6. The van der Waals surface area contributed by atoms with E-state index in [1.807, 2.05) is 27.7 Å². The van der Waals surface area contributed by atoms with Crippen LogP contribution in [0.5, 0.6) is 0 Å². The third-order valence-electron chi connectivity index (χ3n) is 6.34. The summed E-state index contributed by atoms with van der Waals surface area (Å²) in [6.07, 6.45) is 2.95. The van der Waals surface area contributed by atoms with Crippen LogP contribution in [-0.4, -0.2) is 37.1 Å². The lowest BCUT2D eigenvalue weighted by atomic mass is 9.59. The fourth-order valence-corrected chi connectivity index (χ4v) is 5.48. The third kappa shape index (κ3) is 6.17. The van der Waals surface area contributed by atoms with E-state index in [0.717, 1.165) is 0 Å². The van der Waals surface area contributed by atoms with Crippen molar-refractivity contribution in [2.75, 3.05) is 0 Å². The van der Waals surface area contributed by atoms with Gasteiger partial charge in [-0.3, -0.25) is 19.2 Å². The number of rotatable bonds is 12. The van der Waals surface area contributed by atoms with Crippen molar-refractivity contribution >= 4 is 60.1 Å². The molecule has 2 atom stereocenters. The van der Waals surface area contributed by atoms with Crippen LogP contribution in [0, 0.1) is 16.7 Å². The predicted octanol–water partition coefficient (Wildman–Crippen LogP) is 4.77.